The maximum Gasteiger partial charge on any atom is 0.352 e. The Morgan fingerprint density at radius 3 is 2.89 bits per heavy atom. The molecule has 1 fully saturated rings. The van der Waals surface area contributed by atoms with E-state index >= 15 is 0 Å². The zero-order valence-corrected chi connectivity index (χ0v) is 21.0. The Bertz CT molecular complexity index is 1230. The van der Waals surface area contributed by atoms with E-state index in [0.717, 1.165) is 16.4 Å². The lowest BCUT2D eigenvalue weighted by molar-refractivity contribution is -0.150. The first kappa shape index (κ1) is 25.8. The highest BCUT2D eigenvalue weighted by atomic mass is 32.2. The summed E-state index contributed by atoms with van der Waals surface area (Å²) in [5.41, 5.74) is 5.72. The zero-order valence-electron chi connectivity index (χ0n) is 18.6. The molecule has 4 heterocycles. The van der Waals surface area contributed by atoms with E-state index in [1.165, 1.54) is 28.2 Å². The van der Waals surface area contributed by atoms with Crippen LogP contribution in [0.4, 0.5) is 5.13 Å². The van der Waals surface area contributed by atoms with Crippen molar-refractivity contribution in [3.63, 3.8) is 0 Å². The Morgan fingerprint density at radius 2 is 2.22 bits per heavy atom. The van der Waals surface area contributed by atoms with Gasteiger partial charge in [-0.1, -0.05) is 16.9 Å². The molecule has 0 aromatic carbocycles. The van der Waals surface area contributed by atoms with Crippen molar-refractivity contribution in [2.24, 2.45) is 5.16 Å². The van der Waals surface area contributed by atoms with Gasteiger partial charge < -0.3 is 26.1 Å². The van der Waals surface area contributed by atoms with E-state index in [1.54, 1.807) is 6.92 Å². The van der Waals surface area contributed by atoms with Crippen molar-refractivity contribution >= 4 is 63.7 Å². The molecular weight excluding hydrogens is 536 g/mol. The maximum atomic E-state index is 13.0. The normalized spacial score (nSPS) is 19.7. The number of carboxylic acids is 1. The second-order valence-corrected chi connectivity index (χ2v) is 9.96. The van der Waals surface area contributed by atoms with Crippen molar-refractivity contribution in [2.75, 3.05) is 30.5 Å². The lowest BCUT2D eigenvalue weighted by Gasteiger charge is -2.49. The molecule has 4 rings (SSSR count). The first-order valence-corrected chi connectivity index (χ1v) is 13.2. The number of rotatable bonds is 11. The topological polar surface area (TPSA) is 224 Å². The van der Waals surface area contributed by atoms with Crippen molar-refractivity contribution in [2.45, 2.75) is 30.0 Å². The summed E-state index contributed by atoms with van der Waals surface area (Å²) in [6.07, 6.45) is 0. The number of carbonyl (C=O) groups is 3. The van der Waals surface area contributed by atoms with Crippen molar-refractivity contribution in [3.8, 4) is 0 Å². The van der Waals surface area contributed by atoms with Crippen LogP contribution in [-0.2, 0) is 25.8 Å². The third-order valence-electron chi connectivity index (χ3n) is 4.88. The molecule has 2 atom stereocenters. The van der Waals surface area contributed by atoms with E-state index in [1.807, 2.05) is 0 Å². The van der Waals surface area contributed by atoms with Crippen LogP contribution in [0.25, 0.3) is 0 Å². The number of aliphatic carboxylic acids is 1. The Kier molecular flexibility index (Phi) is 8.01. The summed E-state index contributed by atoms with van der Waals surface area (Å²) in [5, 5.41) is 36.4. The summed E-state index contributed by atoms with van der Waals surface area (Å²) >= 11 is 3.38. The molecule has 2 aliphatic heterocycles. The Hall–Kier alpha value is -3.29. The van der Waals surface area contributed by atoms with Crippen LogP contribution in [0.1, 0.15) is 12.7 Å². The predicted octanol–water partition coefficient (Wildman–Crippen LogP) is -1.63. The number of fused-ring (bicyclic) bond motifs is 1. The fourth-order valence-electron chi connectivity index (χ4n) is 3.33. The number of hydrogen-bond donors (Lipinski definition) is 4. The van der Waals surface area contributed by atoms with Crippen LogP contribution >= 0.6 is 35.1 Å². The van der Waals surface area contributed by atoms with Gasteiger partial charge in [0.05, 0.1) is 13.2 Å². The minimum absolute atomic E-state index is 0.0441. The number of aromatic nitrogens is 6. The van der Waals surface area contributed by atoms with Crippen LogP contribution in [0.5, 0.6) is 0 Å². The number of aliphatic hydroxyl groups excluding tert-OH is 1. The zero-order chi connectivity index (χ0) is 25.8. The number of carbonyl (C=O) groups excluding carboxylic acids is 2. The quantitative estimate of drug-likeness (QED) is 0.106. The van der Waals surface area contributed by atoms with Gasteiger partial charge in [0.25, 0.3) is 11.8 Å². The van der Waals surface area contributed by atoms with E-state index in [-0.39, 0.29) is 47.9 Å². The SMILES string of the molecule is CCON=C(C(=O)NC1C(=O)N2C(C(=O)O)=C(CSc3nnnn3CCO)CS[C@H]12)c1nsc(N)n1. The predicted molar refractivity (Wildman–Crippen MR) is 128 cm³/mol. The third-order valence-corrected chi connectivity index (χ3v) is 7.80. The Balaban J connectivity index is 1.48. The summed E-state index contributed by atoms with van der Waals surface area (Å²) < 4.78 is 5.36. The molecule has 0 bridgehead atoms. The van der Waals surface area contributed by atoms with Gasteiger partial charge in [0.1, 0.15) is 23.7 Å². The first-order valence-electron chi connectivity index (χ1n) is 10.4. The summed E-state index contributed by atoms with van der Waals surface area (Å²) in [6.45, 7) is 1.90. The van der Waals surface area contributed by atoms with Gasteiger partial charge in [-0.3, -0.25) is 14.5 Å². The molecule has 36 heavy (non-hydrogen) atoms. The molecule has 192 valence electrons. The number of amides is 2. The van der Waals surface area contributed by atoms with Crippen molar-refractivity contribution in [1.29, 1.82) is 0 Å². The molecule has 0 aliphatic carbocycles. The molecule has 2 aromatic rings. The van der Waals surface area contributed by atoms with E-state index in [9.17, 15) is 19.5 Å². The highest BCUT2D eigenvalue weighted by Crippen LogP contribution is 2.41. The summed E-state index contributed by atoms with van der Waals surface area (Å²) in [7, 11) is 0. The van der Waals surface area contributed by atoms with Crippen LogP contribution in [0, 0.1) is 0 Å². The van der Waals surface area contributed by atoms with Gasteiger partial charge in [-0.2, -0.15) is 9.36 Å². The molecule has 0 saturated carbocycles. The van der Waals surface area contributed by atoms with E-state index in [4.69, 9.17) is 15.7 Å². The molecule has 19 heteroatoms. The van der Waals surface area contributed by atoms with E-state index in [0.29, 0.717) is 16.5 Å². The van der Waals surface area contributed by atoms with E-state index < -0.39 is 29.2 Å². The summed E-state index contributed by atoms with van der Waals surface area (Å²) in [6, 6.07) is -0.981. The molecule has 1 saturated heterocycles. The van der Waals surface area contributed by atoms with Crippen LogP contribution in [0.2, 0.25) is 0 Å². The van der Waals surface area contributed by atoms with Crippen LogP contribution in [-0.4, -0.2) is 104 Å². The number of aliphatic hydroxyl groups is 1. The Labute approximate surface area is 215 Å². The fraction of sp³-hybridized carbons (Fsp3) is 0.471. The van der Waals surface area contributed by atoms with Crippen LogP contribution in [0.15, 0.2) is 21.6 Å². The number of tetrazole rings is 1. The average molecular weight is 557 g/mol. The fourth-order valence-corrected chi connectivity index (χ4v) is 6.16. The average Bonchev–Trinajstić information content (AvgIpc) is 3.49. The summed E-state index contributed by atoms with van der Waals surface area (Å²) in [5.74, 6) is -2.11. The van der Waals surface area contributed by atoms with Gasteiger partial charge in [-0.15, -0.1) is 16.9 Å². The first-order chi connectivity index (χ1) is 17.3. The maximum absolute atomic E-state index is 13.0. The molecule has 2 amide bonds. The number of nitrogens with one attached hydrogen (secondary N) is 1. The van der Waals surface area contributed by atoms with Crippen molar-refractivity contribution < 1.29 is 29.4 Å². The second-order valence-electron chi connectivity index (χ2n) is 7.13. The molecule has 1 unspecified atom stereocenters. The number of carboxylic acid groups (broad SMARTS) is 1. The van der Waals surface area contributed by atoms with E-state index in [2.05, 4.69) is 35.4 Å². The lowest BCUT2D eigenvalue weighted by Crippen LogP contribution is -2.71. The number of thioether (sulfide) groups is 2. The number of anilines is 1. The molecule has 16 nitrogen and oxygen atoms in total. The highest BCUT2D eigenvalue weighted by molar-refractivity contribution is 8.01. The third kappa shape index (κ3) is 5.13. The summed E-state index contributed by atoms with van der Waals surface area (Å²) in [4.78, 5) is 48.0. The minimum atomic E-state index is -1.26. The Morgan fingerprint density at radius 1 is 1.42 bits per heavy atom. The van der Waals surface area contributed by atoms with Crippen molar-refractivity contribution in [3.05, 3.63) is 17.1 Å². The largest absolute Gasteiger partial charge is 0.477 e. The number of oxime groups is 1. The number of nitrogens with zero attached hydrogens (tertiary/aromatic N) is 8. The van der Waals surface area contributed by atoms with Gasteiger partial charge in [0.2, 0.25) is 16.7 Å². The molecule has 2 aliphatic rings. The van der Waals surface area contributed by atoms with Crippen LogP contribution in [0.3, 0.4) is 0 Å². The molecule has 0 spiro atoms. The molecule has 0 radical (unpaired) electrons. The lowest BCUT2D eigenvalue weighted by atomic mass is 10.0. The number of nitrogen functional groups attached to an aromatic ring is 1. The monoisotopic (exact) mass is 556 g/mol. The van der Waals surface area contributed by atoms with Gasteiger partial charge >= 0.3 is 5.97 Å². The number of nitrogens with two attached hydrogens (primary N) is 1. The van der Waals surface area contributed by atoms with Crippen molar-refractivity contribution in [1.82, 2.24) is 39.8 Å². The van der Waals surface area contributed by atoms with Crippen LogP contribution < -0.4 is 11.1 Å². The van der Waals surface area contributed by atoms with Gasteiger partial charge in [0.15, 0.2) is 5.13 Å². The second kappa shape index (κ2) is 11.2. The smallest absolute Gasteiger partial charge is 0.352 e. The number of hydrogen-bond acceptors (Lipinski definition) is 15. The van der Waals surface area contributed by atoms with Gasteiger partial charge in [-0.25, -0.2) is 9.48 Å². The highest BCUT2D eigenvalue weighted by Gasteiger charge is 2.54. The van der Waals surface area contributed by atoms with Gasteiger partial charge in [0, 0.05) is 23.0 Å². The van der Waals surface area contributed by atoms with Gasteiger partial charge in [-0.05, 0) is 22.9 Å². The standard InChI is InChI=1S/C17H20N10O6S3/c1-2-33-22-8(11-20-16(18)36-23-11)12(29)19-9-13(30)27-10(15(31)32)7(5-34-14(9)27)6-35-17-21-24-25-26(17)3-4-28/h9,14,28H,2-6H2,1H3,(H,19,29)(H,31,32)(H2,18,20,23)/t9?,14-/m1/s1. The molecular formula is C17H20N10O6S3. The number of β-lactam (4-membered cyclic amide) rings is 1. The minimum Gasteiger partial charge on any atom is -0.477 e. The molecule has 5 N–H and O–H groups in total. The molecule has 2 aromatic heterocycles.